The van der Waals surface area contributed by atoms with Crippen LogP contribution in [0.5, 0.6) is 0 Å². The van der Waals surface area contributed by atoms with Gasteiger partial charge in [0.25, 0.3) is 0 Å². The average Bonchev–Trinajstić information content (AvgIpc) is 2.66. The second-order valence-corrected chi connectivity index (χ2v) is 3.96. The first kappa shape index (κ1) is 12.5. The number of nitrogens with one attached hydrogen (secondary N) is 1. The van der Waals surface area contributed by atoms with Crippen LogP contribution in [-0.4, -0.2) is 37.9 Å². The Hall–Kier alpha value is -0.610. The van der Waals surface area contributed by atoms with E-state index in [0.29, 0.717) is 13.2 Å². The van der Waals surface area contributed by atoms with Crippen LogP contribution >= 0.6 is 0 Å². The number of carbonyl (C=O) groups excluding carboxylic acids is 1. The Bertz CT molecular complexity index is 208. The van der Waals surface area contributed by atoms with E-state index in [-0.39, 0.29) is 24.0 Å². The van der Waals surface area contributed by atoms with Crippen molar-refractivity contribution < 1.29 is 14.3 Å². The smallest absolute Gasteiger partial charge is 0.313 e. The van der Waals surface area contributed by atoms with Crippen LogP contribution in [0.4, 0.5) is 0 Å². The highest BCUT2D eigenvalue weighted by molar-refractivity contribution is 5.74. The van der Waals surface area contributed by atoms with Gasteiger partial charge in [0.2, 0.25) is 0 Å². The van der Waals surface area contributed by atoms with Gasteiger partial charge in [-0.15, -0.1) is 0 Å². The van der Waals surface area contributed by atoms with Crippen molar-refractivity contribution in [3.05, 3.63) is 0 Å². The van der Waals surface area contributed by atoms with Gasteiger partial charge >= 0.3 is 5.97 Å². The molecule has 0 aliphatic carbocycles. The molecule has 1 fully saturated rings. The number of hydrogen-bond donors (Lipinski definition) is 1. The number of carbonyl (C=O) groups is 1. The highest BCUT2D eigenvalue weighted by atomic mass is 16.5. The highest BCUT2D eigenvalue weighted by Crippen LogP contribution is 2.16. The van der Waals surface area contributed by atoms with Crippen LogP contribution in [0.3, 0.4) is 0 Å². The third kappa shape index (κ3) is 3.47. The summed E-state index contributed by atoms with van der Waals surface area (Å²) in [6.45, 7) is 7.87. The van der Waals surface area contributed by atoms with Gasteiger partial charge in [-0.25, -0.2) is 0 Å². The molecule has 4 nitrogen and oxygen atoms in total. The van der Waals surface area contributed by atoms with Crippen molar-refractivity contribution >= 4 is 5.97 Å². The fraction of sp³-hybridized carbons (Fsp3) is 0.909. The van der Waals surface area contributed by atoms with Crippen molar-refractivity contribution in [2.45, 2.75) is 39.3 Å². The van der Waals surface area contributed by atoms with Crippen molar-refractivity contribution in [1.82, 2.24) is 5.32 Å². The zero-order chi connectivity index (χ0) is 11.3. The molecule has 0 aromatic heterocycles. The fourth-order valence-corrected chi connectivity index (χ4v) is 1.62. The lowest BCUT2D eigenvalue weighted by molar-refractivity contribution is -0.153. The molecule has 1 rings (SSSR count). The number of esters is 1. The molecule has 0 aromatic carbocycles. The normalized spacial score (nSPS) is 27.7. The molecular weight excluding hydrogens is 194 g/mol. The monoisotopic (exact) mass is 215 g/mol. The van der Waals surface area contributed by atoms with Crippen LogP contribution < -0.4 is 5.32 Å². The molecule has 0 amide bonds. The molecule has 4 heteroatoms. The van der Waals surface area contributed by atoms with Crippen molar-refractivity contribution in [2.24, 2.45) is 5.92 Å². The van der Waals surface area contributed by atoms with Gasteiger partial charge in [-0.1, -0.05) is 13.8 Å². The summed E-state index contributed by atoms with van der Waals surface area (Å²) in [5.41, 5.74) is 0. The molecule has 3 unspecified atom stereocenters. The summed E-state index contributed by atoms with van der Waals surface area (Å²) >= 11 is 0. The SMILES string of the molecule is CCNC1COCC1C(=O)OC(C)CC. The molecule has 0 bridgehead atoms. The first-order valence-corrected chi connectivity index (χ1v) is 5.70. The van der Waals surface area contributed by atoms with Gasteiger partial charge in [0.1, 0.15) is 0 Å². The van der Waals surface area contributed by atoms with Gasteiger partial charge in [-0.05, 0) is 19.9 Å². The van der Waals surface area contributed by atoms with E-state index in [1.807, 2.05) is 20.8 Å². The van der Waals surface area contributed by atoms with Crippen LogP contribution in [0.15, 0.2) is 0 Å². The van der Waals surface area contributed by atoms with E-state index in [1.54, 1.807) is 0 Å². The number of ether oxygens (including phenoxy) is 2. The topological polar surface area (TPSA) is 47.6 Å². The van der Waals surface area contributed by atoms with Crippen LogP contribution in [0.25, 0.3) is 0 Å². The molecule has 1 N–H and O–H groups in total. The van der Waals surface area contributed by atoms with Crippen LogP contribution in [-0.2, 0) is 14.3 Å². The Morgan fingerprint density at radius 3 is 2.87 bits per heavy atom. The zero-order valence-electron chi connectivity index (χ0n) is 9.79. The largest absolute Gasteiger partial charge is 0.462 e. The summed E-state index contributed by atoms with van der Waals surface area (Å²) in [5.74, 6) is -0.272. The maximum absolute atomic E-state index is 11.8. The Kier molecular flexibility index (Phi) is 5.05. The lowest BCUT2D eigenvalue weighted by Crippen LogP contribution is -2.40. The molecule has 15 heavy (non-hydrogen) atoms. The first-order chi connectivity index (χ1) is 7.19. The molecule has 0 saturated carbocycles. The molecule has 1 aliphatic rings. The molecule has 88 valence electrons. The minimum Gasteiger partial charge on any atom is -0.462 e. The predicted molar refractivity (Wildman–Crippen MR) is 57.6 cm³/mol. The lowest BCUT2D eigenvalue weighted by Gasteiger charge is -2.19. The van der Waals surface area contributed by atoms with Crippen LogP contribution in [0, 0.1) is 5.92 Å². The van der Waals surface area contributed by atoms with Crippen molar-refractivity contribution in [2.75, 3.05) is 19.8 Å². The second-order valence-electron chi connectivity index (χ2n) is 3.96. The second kappa shape index (κ2) is 6.08. The third-order valence-electron chi connectivity index (χ3n) is 2.74. The summed E-state index contributed by atoms with van der Waals surface area (Å²) in [7, 11) is 0. The molecule has 1 aliphatic heterocycles. The summed E-state index contributed by atoms with van der Waals surface area (Å²) in [6.07, 6.45) is 0.853. The van der Waals surface area contributed by atoms with E-state index >= 15 is 0 Å². The Labute approximate surface area is 91.3 Å². The minimum absolute atomic E-state index is 0.000349. The highest BCUT2D eigenvalue weighted by Gasteiger charge is 2.35. The van der Waals surface area contributed by atoms with Gasteiger partial charge in [0.15, 0.2) is 0 Å². The number of likely N-dealkylation sites (N-methyl/N-ethyl adjacent to an activating group) is 1. The van der Waals surface area contributed by atoms with E-state index in [0.717, 1.165) is 13.0 Å². The van der Waals surface area contributed by atoms with Crippen LogP contribution in [0.1, 0.15) is 27.2 Å². The molecule has 1 saturated heterocycles. The Morgan fingerprint density at radius 2 is 2.27 bits per heavy atom. The van der Waals surface area contributed by atoms with Gasteiger partial charge in [-0.3, -0.25) is 4.79 Å². The van der Waals surface area contributed by atoms with E-state index in [9.17, 15) is 4.79 Å². The number of hydrogen-bond acceptors (Lipinski definition) is 4. The average molecular weight is 215 g/mol. The molecular formula is C11H21NO3. The van der Waals surface area contributed by atoms with Gasteiger partial charge in [-0.2, -0.15) is 0 Å². The molecule has 0 spiro atoms. The standard InChI is InChI=1S/C11H21NO3/c1-4-8(3)15-11(13)9-6-14-7-10(9)12-5-2/h8-10,12H,4-7H2,1-3H3. The van der Waals surface area contributed by atoms with E-state index in [2.05, 4.69) is 5.32 Å². The summed E-state index contributed by atoms with van der Waals surface area (Å²) in [4.78, 5) is 11.8. The van der Waals surface area contributed by atoms with E-state index in [1.165, 1.54) is 0 Å². The Balaban J connectivity index is 2.43. The van der Waals surface area contributed by atoms with Crippen molar-refractivity contribution in [3.8, 4) is 0 Å². The fourth-order valence-electron chi connectivity index (χ4n) is 1.62. The molecule has 1 heterocycles. The molecule has 0 radical (unpaired) electrons. The van der Waals surface area contributed by atoms with Crippen molar-refractivity contribution in [1.29, 1.82) is 0 Å². The quantitative estimate of drug-likeness (QED) is 0.694. The summed E-state index contributed by atoms with van der Waals surface area (Å²) < 4.78 is 10.6. The number of rotatable bonds is 5. The maximum Gasteiger partial charge on any atom is 0.313 e. The first-order valence-electron chi connectivity index (χ1n) is 5.70. The van der Waals surface area contributed by atoms with E-state index in [4.69, 9.17) is 9.47 Å². The van der Waals surface area contributed by atoms with Gasteiger partial charge < -0.3 is 14.8 Å². The zero-order valence-corrected chi connectivity index (χ0v) is 9.79. The van der Waals surface area contributed by atoms with Gasteiger partial charge in [0.05, 0.1) is 25.2 Å². The maximum atomic E-state index is 11.8. The Morgan fingerprint density at radius 1 is 1.53 bits per heavy atom. The van der Waals surface area contributed by atoms with Crippen molar-refractivity contribution in [3.63, 3.8) is 0 Å². The lowest BCUT2D eigenvalue weighted by atomic mass is 10.0. The summed E-state index contributed by atoms with van der Waals surface area (Å²) in [6, 6.07) is 0.117. The third-order valence-corrected chi connectivity index (χ3v) is 2.74. The van der Waals surface area contributed by atoms with Gasteiger partial charge in [0, 0.05) is 6.04 Å². The predicted octanol–water partition coefficient (Wildman–Crippen LogP) is 0.953. The molecule has 0 aromatic rings. The molecule has 3 atom stereocenters. The summed E-state index contributed by atoms with van der Waals surface area (Å²) in [5, 5.41) is 3.24. The van der Waals surface area contributed by atoms with E-state index < -0.39 is 0 Å². The van der Waals surface area contributed by atoms with Crippen LogP contribution in [0.2, 0.25) is 0 Å². The minimum atomic E-state index is -0.140.